The van der Waals surface area contributed by atoms with Crippen LogP contribution >= 0.6 is 12.2 Å². The van der Waals surface area contributed by atoms with E-state index in [1.165, 1.54) is 0 Å². The van der Waals surface area contributed by atoms with Gasteiger partial charge in [-0.05, 0) is 12.2 Å². The summed E-state index contributed by atoms with van der Waals surface area (Å²) >= 11 is 4.77. The smallest absolute Gasteiger partial charge is 0.195 e. The molecule has 7 heavy (non-hydrogen) atoms. The van der Waals surface area contributed by atoms with Crippen molar-refractivity contribution >= 4 is 23.5 Å². The van der Waals surface area contributed by atoms with Crippen LogP contribution in [-0.4, -0.2) is 29.8 Å². The first kappa shape index (κ1) is 4.71. The highest BCUT2D eigenvalue weighted by molar-refractivity contribution is 7.80. The van der Waals surface area contributed by atoms with E-state index in [9.17, 15) is 0 Å². The van der Waals surface area contributed by atoms with Gasteiger partial charge in [0.15, 0.2) is 5.11 Å². The molecule has 1 aliphatic heterocycles. The average molecular weight is 114 g/mol. The van der Waals surface area contributed by atoms with E-state index < -0.39 is 0 Å². The molecule has 0 aliphatic carbocycles. The summed E-state index contributed by atoms with van der Waals surface area (Å²) in [5.41, 5.74) is 0. The number of nitrogens with zero attached hydrogens (tertiary/aromatic N) is 2. The highest BCUT2D eigenvalue weighted by Gasteiger charge is 2.03. The van der Waals surface area contributed by atoms with Gasteiger partial charge in [0.2, 0.25) is 0 Å². The molecular weight excluding hydrogens is 108 g/mol. The molecule has 0 radical (unpaired) electrons. The summed E-state index contributed by atoms with van der Waals surface area (Å²) in [6.07, 6.45) is 1.81. The van der Waals surface area contributed by atoms with Crippen LogP contribution < -0.4 is 0 Å². The summed E-state index contributed by atoms with van der Waals surface area (Å²) in [7, 11) is 1.93. The lowest BCUT2D eigenvalue weighted by Crippen LogP contribution is -2.17. The second-order valence-corrected chi connectivity index (χ2v) is 1.84. The molecule has 1 rings (SSSR count). The molecule has 0 spiro atoms. The van der Waals surface area contributed by atoms with Crippen LogP contribution in [-0.2, 0) is 0 Å². The topological polar surface area (TPSA) is 15.6 Å². The fraction of sp³-hybridized carbons (Fsp3) is 0.500. The molecule has 0 aromatic rings. The largest absolute Gasteiger partial charge is 0.345 e. The second kappa shape index (κ2) is 1.58. The summed E-state index contributed by atoms with van der Waals surface area (Å²) in [5, 5.41) is 0.694. The van der Waals surface area contributed by atoms with E-state index in [0.29, 0.717) is 5.11 Å². The fourth-order valence-electron chi connectivity index (χ4n) is 0.418. The minimum Gasteiger partial charge on any atom is -0.345 e. The maximum atomic E-state index is 4.77. The highest BCUT2D eigenvalue weighted by Crippen LogP contribution is 1.93. The Kier molecular flexibility index (Phi) is 1.06. The van der Waals surface area contributed by atoms with Crippen LogP contribution in [0.1, 0.15) is 0 Å². The van der Waals surface area contributed by atoms with Crippen molar-refractivity contribution < 1.29 is 0 Å². The van der Waals surface area contributed by atoms with Gasteiger partial charge in [-0.3, -0.25) is 0 Å². The van der Waals surface area contributed by atoms with Gasteiger partial charge in [-0.2, -0.15) is 0 Å². The van der Waals surface area contributed by atoms with Crippen LogP contribution in [0.25, 0.3) is 0 Å². The van der Waals surface area contributed by atoms with Crippen molar-refractivity contribution in [3.63, 3.8) is 0 Å². The van der Waals surface area contributed by atoms with Crippen molar-refractivity contribution in [2.75, 3.05) is 13.6 Å². The minimum atomic E-state index is 0.694. The molecule has 0 fully saturated rings. The zero-order valence-electron chi connectivity index (χ0n) is 4.09. The molecule has 0 unspecified atom stereocenters. The van der Waals surface area contributed by atoms with Crippen LogP contribution in [0.4, 0.5) is 0 Å². The van der Waals surface area contributed by atoms with Crippen molar-refractivity contribution in [2.45, 2.75) is 0 Å². The van der Waals surface area contributed by atoms with Crippen molar-refractivity contribution in [3.8, 4) is 0 Å². The summed E-state index contributed by atoms with van der Waals surface area (Å²) in [6, 6.07) is 0. The number of aliphatic imine (C=N–C) groups is 1. The van der Waals surface area contributed by atoms with Crippen LogP contribution in [0.5, 0.6) is 0 Å². The fourth-order valence-corrected chi connectivity index (χ4v) is 0.567. The summed E-state index contributed by atoms with van der Waals surface area (Å²) in [6.45, 7) is 0.874. The molecule has 0 bridgehead atoms. The van der Waals surface area contributed by atoms with E-state index in [2.05, 4.69) is 4.99 Å². The Morgan fingerprint density at radius 1 is 2.00 bits per heavy atom. The van der Waals surface area contributed by atoms with Crippen LogP contribution in [0.15, 0.2) is 4.99 Å². The number of hydrogen-bond donors (Lipinski definition) is 0. The van der Waals surface area contributed by atoms with Gasteiger partial charge < -0.3 is 4.90 Å². The zero-order valence-corrected chi connectivity index (χ0v) is 4.90. The van der Waals surface area contributed by atoms with Crippen LogP contribution in [0, 0.1) is 0 Å². The molecule has 0 amide bonds. The summed E-state index contributed by atoms with van der Waals surface area (Å²) in [5.74, 6) is 0. The molecule has 0 atom stereocenters. The van der Waals surface area contributed by atoms with E-state index in [0.717, 1.165) is 6.54 Å². The van der Waals surface area contributed by atoms with Crippen LogP contribution in [0.3, 0.4) is 0 Å². The van der Waals surface area contributed by atoms with Gasteiger partial charge in [-0.15, -0.1) is 0 Å². The Bertz CT molecular complexity index is 119. The summed E-state index contributed by atoms with van der Waals surface area (Å²) in [4.78, 5) is 5.76. The van der Waals surface area contributed by atoms with E-state index >= 15 is 0 Å². The lowest BCUT2D eigenvalue weighted by Gasteiger charge is -2.04. The Hall–Kier alpha value is -0.440. The van der Waals surface area contributed by atoms with Gasteiger partial charge in [0.1, 0.15) is 0 Å². The van der Waals surface area contributed by atoms with Gasteiger partial charge in [0.25, 0.3) is 0 Å². The molecule has 38 valence electrons. The monoisotopic (exact) mass is 114 g/mol. The van der Waals surface area contributed by atoms with Gasteiger partial charge in [-0.1, -0.05) is 0 Å². The third-order valence-corrected chi connectivity index (χ3v) is 1.30. The molecule has 2 nitrogen and oxygen atoms in total. The van der Waals surface area contributed by atoms with E-state index in [1.807, 2.05) is 18.2 Å². The maximum absolute atomic E-state index is 4.77. The standard InChI is InChI=1S/C4H6N2S/c1-6-3-2-5-4(6)7/h2H,3H2,1H3. The van der Waals surface area contributed by atoms with Crippen molar-refractivity contribution in [1.82, 2.24) is 4.90 Å². The van der Waals surface area contributed by atoms with Gasteiger partial charge in [-0.25, -0.2) is 4.99 Å². The number of hydrogen-bond acceptors (Lipinski definition) is 1. The lowest BCUT2D eigenvalue weighted by molar-refractivity contribution is 0.607. The predicted molar refractivity (Wildman–Crippen MR) is 33.7 cm³/mol. The molecule has 0 aromatic heterocycles. The average Bonchev–Trinajstić information content (AvgIpc) is 1.91. The Labute approximate surface area is 47.8 Å². The molecule has 1 aliphatic rings. The zero-order chi connectivity index (χ0) is 5.28. The summed E-state index contributed by atoms with van der Waals surface area (Å²) < 4.78 is 0. The van der Waals surface area contributed by atoms with Gasteiger partial charge in [0.05, 0.1) is 6.54 Å². The predicted octanol–water partition coefficient (Wildman–Crippen LogP) is 0.287. The van der Waals surface area contributed by atoms with Crippen LogP contribution in [0.2, 0.25) is 0 Å². The van der Waals surface area contributed by atoms with Crippen molar-refractivity contribution in [3.05, 3.63) is 0 Å². The first-order chi connectivity index (χ1) is 3.30. The Morgan fingerprint density at radius 2 is 2.71 bits per heavy atom. The van der Waals surface area contributed by atoms with Gasteiger partial charge in [0, 0.05) is 13.3 Å². The molecular formula is C4H6N2S. The van der Waals surface area contributed by atoms with Crippen molar-refractivity contribution in [1.29, 1.82) is 0 Å². The quantitative estimate of drug-likeness (QED) is 0.420. The minimum absolute atomic E-state index is 0.694. The maximum Gasteiger partial charge on any atom is 0.195 e. The third-order valence-electron chi connectivity index (χ3n) is 0.884. The SMILES string of the molecule is CN1CC=NC1=S. The molecule has 0 saturated carbocycles. The number of thiocarbonyl (C=S) groups is 1. The third kappa shape index (κ3) is 0.771. The van der Waals surface area contributed by atoms with E-state index in [1.54, 1.807) is 0 Å². The molecule has 0 aromatic carbocycles. The van der Waals surface area contributed by atoms with Gasteiger partial charge >= 0.3 is 0 Å². The first-order valence-electron chi connectivity index (χ1n) is 2.08. The Balaban J connectivity index is 2.62. The Morgan fingerprint density at radius 3 is 2.86 bits per heavy atom. The highest BCUT2D eigenvalue weighted by atomic mass is 32.1. The number of rotatable bonds is 0. The molecule has 3 heteroatoms. The molecule has 0 N–H and O–H groups in total. The molecule has 0 saturated heterocycles. The lowest BCUT2D eigenvalue weighted by atomic mass is 10.7. The van der Waals surface area contributed by atoms with E-state index in [4.69, 9.17) is 12.2 Å². The normalized spacial score (nSPS) is 19.0. The van der Waals surface area contributed by atoms with E-state index in [-0.39, 0.29) is 0 Å². The first-order valence-corrected chi connectivity index (χ1v) is 2.49. The van der Waals surface area contributed by atoms with Crippen molar-refractivity contribution in [2.24, 2.45) is 4.99 Å². The molecule has 1 heterocycles. The second-order valence-electron chi connectivity index (χ2n) is 1.47.